The van der Waals surface area contributed by atoms with Gasteiger partial charge in [0, 0.05) is 18.2 Å². The second-order valence-corrected chi connectivity index (χ2v) is 4.17. The number of hydrogen-bond donors (Lipinski definition) is 1. The molecule has 2 aromatic rings. The predicted octanol–water partition coefficient (Wildman–Crippen LogP) is 3.85. The highest BCUT2D eigenvalue weighted by molar-refractivity contribution is 5.43. The van der Waals surface area contributed by atoms with Crippen molar-refractivity contribution in [1.29, 1.82) is 0 Å². The molecule has 1 heterocycles. The van der Waals surface area contributed by atoms with Crippen LogP contribution in [0.2, 0.25) is 0 Å². The molecule has 17 heavy (non-hydrogen) atoms. The van der Waals surface area contributed by atoms with E-state index in [-0.39, 0.29) is 11.9 Å². The van der Waals surface area contributed by atoms with Gasteiger partial charge in [0.15, 0.2) is 0 Å². The monoisotopic (exact) mass is 233 g/mol. The van der Waals surface area contributed by atoms with Crippen molar-refractivity contribution in [2.45, 2.75) is 25.8 Å². The first kappa shape index (κ1) is 11.7. The molecule has 0 radical (unpaired) electrons. The molecule has 0 bridgehead atoms. The molecule has 0 aliphatic carbocycles. The molecule has 2 rings (SSSR count). The van der Waals surface area contributed by atoms with Crippen LogP contribution < -0.4 is 5.32 Å². The molecule has 90 valence electrons. The number of benzene rings is 1. The van der Waals surface area contributed by atoms with Crippen molar-refractivity contribution in [1.82, 2.24) is 0 Å². The lowest BCUT2D eigenvalue weighted by molar-refractivity contribution is 0.495. The Bertz CT molecular complexity index is 453. The van der Waals surface area contributed by atoms with Crippen LogP contribution in [0.3, 0.4) is 0 Å². The molecule has 1 atom stereocenters. The SMILES string of the molecule is CC(CCc1ccco1)Nc1cccc(F)c1. The molecule has 3 heteroatoms. The van der Waals surface area contributed by atoms with E-state index >= 15 is 0 Å². The molecule has 0 spiro atoms. The third-order valence-electron chi connectivity index (χ3n) is 2.64. The van der Waals surface area contributed by atoms with Gasteiger partial charge in [0.05, 0.1) is 6.26 Å². The fraction of sp³-hybridized carbons (Fsp3) is 0.286. The minimum atomic E-state index is -0.215. The lowest BCUT2D eigenvalue weighted by atomic mass is 10.1. The Morgan fingerprint density at radius 1 is 1.29 bits per heavy atom. The van der Waals surface area contributed by atoms with Crippen LogP contribution in [0.1, 0.15) is 19.1 Å². The van der Waals surface area contributed by atoms with E-state index in [1.54, 1.807) is 12.3 Å². The van der Waals surface area contributed by atoms with Gasteiger partial charge in [-0.1, -0.05) is 6.07 Å². The summed E-state index contributed by atoms with van der Waals surface area (Å²) in [6.45, 7) is 2.08. The van der Waals surface area contributed by atoms with Crippen LogP contribution in [0.25, 0.3) is 0 Å². The van der Waals surface area contributed by atoms with Gasteiger partial charge in [-0.2, -0.15) is 0 Å². The molecule has 0 aliphatic rings. The molecule has 1 N–H and O–H groups in total. The van der Waals surface area contributed by atoms with E-state index in [4.69, 9.17) is 4.42 Å². The molecule has 1 aromatic heterocycles. The van der Waals surface area contributed by atoms with Crippen LogP contribution in [0.4, 0.5) is 10.1 Å². The maximum absolute atomic E-state index is 13.0. The molecule has 0 aliphatic heterocycles. The molecule has 2 nitrogen and oxygen atoms in total. The summed E-state index contributed by atoms with van der Waals surface area (Å²) in [5.74, 6) is 0.770. The van der Waals surface area contributed by atoms with Crippen molar-refractivity contribution >= 4 is 5.69 Å². The Morgan fingerprint density at radius 2 is 2.18 bits per heavy atom. The second kappa shape index (κ2) is 5.53. The lowest BCUT2D eigenvalue weighted by Crippen LogP contribution is -2.15. The van der Waals surface area contributed by atoms with Crippen molar-refractivity contribution in [2.24, 2.45) is 0 Å². The van der Waals surface area contributed by atoms with Gasteiger partial charge < -0.3 is 9.73 Å². The molecule has 0 saturated heterocycles. The van der Waals surface area contributed by atoms with Crippen LogP contribution in [0.15, 0.2) is 47.1 Å². The summed E-state index contributed by atoms with van der Waals surface area (Å²) in [4.78, 5) is 0. The predicted molar refractivity (Wildman–Crippen MR) is 66.5 cm³/mol. The highest BCUT2D eigenvalue weighted by atomic mass is 19.1. The van der Waals surface area contributed by atoms with E-state index in [0.717, 1.165) is 24.3 Å². The van der Waals surface area contributed by atoms with Gasteiger partial charge in [-0.15, -0.1) is 0 Å². The van der Waals surface area contributed by atoms with Crippen LogP contribution in [-0.4, -0.2) is 6.04 Å². The van der Waals surface area contributed by atoms with Gasteiger partial charge >= 0.3 is 0 Å². The Morgan fingerprint density at radius 3 is 2.88 bits per heavy atom. The summed E-state index contributed by atoms with van der Waals surface area (Å²) in [5, 5.41) is 3.26. The molecular formula is C14H16FNO. The van der Waals surface area contributed by atoms with Crippen molar-refractivity contribution in [3.05, 3.63) is 54.2 Å². The molecule has 1 unspecified atom stereocenters. The van der Waals surface area contributed by atoms with Gasteiger partial charge in [0.2, 0.25) is 0 Å². The third kappa shape index (κ3) is 3.63. The largest absolute Gasteiger partial charge is 0.469 e. The van der Waals surface area contributed by atoms with Gasteiger partial charge in [-0.3, -0.25) is 0 Å². The number of aryl methyl sites for hydroxylation is 1. The zero-order valence-corrected chi connectivity index (χ0v) is 9.82. The van der Waals surface area contributed by atoms with E-state index in [9.17, 15) is 4.39 Å². The number of halogens is 1. The lowest BCUT2D eigenvalue weighted by Gasteiger charge is -2.14. The van der Waals surface area contributed by atoms with Crippen molar-refractivity contribution < 1.29 is 8.81 Å². The Kier molecular flexibility index (Phi) is 3.81. The maximum atomic E-state index is 13.0. The summed E-state index contributed by atoms with van der Waals surface area (Å²) in [6.07, 6.45) is 3.51. The maximum Gasteiger partial charge on any atom is 0.125 e. The first-order valence-electron chi connectivity index (χ1n) is 5.78. The highest BCUT2D eigenvalue weighted by Gasteiger charge is 2.04. The quantitative estimate of drug-likeness (QED) is 0.848. The van der Waals surface area contributed by atoms with E-state index in [1.807, 2.05) is 18.2 Å². The molecule has 0 fully saturated rings. The van der Waals surface area contributed by atoms with Crippen molar-refractivity contribution in [3.8, 4) is 0 Å². The van der Waals surface area contributed by atoms with Crippen LogP contribution in [0, 0.1) is 5.82 Å². The van der Waals surface area contributed by atoms with E-state index in [0.29, 0.717) is 0 Å². The van der Waals surface area contributed by atoms with Crippen LogP contribution in [0.5, 0.6) is 0 Å². The van der Waals surface area contributed by atoms with E-state index in [2.05, 4.69) is 12.2 Å². The first-order chi connectivity index (χ1) is 8.24. The zero-order valence-electron chi connectivity index (χ0n) is 9.82. The standard InChI is InChI=1S/C14H16FNO/c1-11(7-8-14-6-3-9-17-14)16-13-5-2-4-12(15)10-13/h2-6,9-11,16H,7-8H2,1H3. The van der Waals surface area contributed by atoms with Gasteiger partial charge in [-0.25, -0.2) is 4.39 Å². The molecular weight excluding hydrogens is 217 g/mol. The summed E-state index contributed by atoms with van der Waals surface area (Å²) < 4.78 is 18.2. The van der Waals surface area contributed by atoms with Crippen LogP contribution >= 0.6 is 0 Å². The average Bonchev–Trinajstić information content (AvgIpc) is 2.79. The molecule has 0 amide bonds. The fourth-order valence-electron chi connectivity index (χ4n) is 1.75. The summed E-state index contributed by atoms with van der Waals surface area (Å²) in [7, 11) is 0. The highest BCUT2D eigenvalue weighted by Crippen LogP contribution is 2.13. The van der Waals surface area contributed by atoms with E-state index in [1.165, 1.54) is 12.1 Å². The Labute approximate surface area is 100 Å². The number of furan rings is 1. The van der Waals surface area contributed by atoms with Gasteiger partial charge in [0.1, 0.15) is 11.6 Å². The molecule has 1 aromatic carbocycles. The fourth-order valence-corrected chi connectivity index (χ4v) is 1.75. The minimum absolute atomic E-state index is 0.215. The van der Waals surface area contributed by atoms with Gasteiger partial charge in [-0.05, 0) is 43.7 Å². The summed E-state index contributed by atoms with van der Waals surface area (Å²) >= 11 is 0. The summed E-state index contributed by atoms with van der Waals surface area (Å²) in [6, 6.07) is 10.7. The number of nitrogens with one attached hydrogen (secondary N) is 1. The molecule has 0 saturated carbocycles. The normalized spacial score (nSPS) is 12.4. The zero-order chi connectivity index (χ0) is 12.1. The van der Waals surface area contributed by atoms with Crippen LogP contribution in [-0.2, 0) is 6.42 Å². The third-order valence-corrected chi connectivity index (χ3v) is 2.64. The average molecular weight is 233 g/mol. The number of hydrogen-bond acceptors (Lipinski definition) is 2. The van der Waals surface area contributed by atoms with Crippen molar-refractivity contribution in [2.75, 3.05) is 5.32 Å². The number of anilines is 1. The minimum Gasteiger partial charge on any atom is -0.469 e. The first-order valence-corrected chi connectivity index (χ1v) is 5.78. The Hall–Kier alpha value is -1.77. The number of rotatable bonds is 5. The van der Waals surface area contributed by atoms with E-state index < -0.39 is 0 Å². The Balaban J connectivity index is 1.83. The van der Waals surface area contributed by atoms with Gasteiger partial charge in [0.25, 0.3) is 0 Å². The van der Waals surface area contributed by atoms with Crippen molar-refractivity contribution in [3.63, 3.8) is 0 Å². The smallest absolute Gasteiger partial charge is 0.125 e. The summed E-state index contributed by atoms with van der Waals surface area (Å²) in [5.41, 5.74) is 0.817. The topological polar surface area (TPSA) is 25.2 Å². The second-order valence-electron chi connectivity index (χ2n) is 4.17.